The SMILES string of the molecule is CCNCc1cccc(NS(C)(=O)=O)c1. The molecule has 1 rings (SSSR count). The number of benzene rings is 1. The van der Waals surface area contributed by atoms with Crippen LogP contribution in [0.3, 0.4) is 0 Å². The molecule has 0 aliphatic rings. The smallest absolute Gasteiger partial charge is 0.229 e. The molecule has 0 bridgehead atoms. The number of rotatable bonds is 5. The van der Waals surface area contributed by atoms with Crippen molar-refractivity contribution in [3.05, 3.63) is 29.8 Å². The van der Waals surface area contributed by atoms with Crippen LogP contribution in [0, 0.1) is 0 Å². The van der Waals surface area contributed by atoms with Gasteiger partial charge in [-0.05, 0) is 24.2 Å². The molecule has 5 heteroatoms. The summed E-state index contributed by atoms with van der Waals surface area (Å²) in [6.45, 7) is 3.66. The minimum atomic E-state index is -3.18. The highest BCUT2D eigenvalue weighted by atomic mass is 32.2. The lowest BCUT2D eigenvalue weighted by Crippen LogP contribution is -2.13. The molecule has 84 valence electrons. The second-order valence-electron chi connectivity index (χ2n) is 3.35. The average Bonchev–Trinajstić information content (AvgIpc) is 2.12. The molecule has 0 unspecified atom stereocenters. The summed E-state index contributed by atoms with van der Waals surface area (Å²) in [6.07, 6.45) is 1.14. The van der Waals surface area contributed by atoms with Gasteiger partial charge in [0.15, 0.2) is 0 Å². The van der Waals surface area contributed by atoms with Crippen LogP contribution in [0.1, 0.15) is 12.5 Å². The van der Waals surface area contributed by atoms with Gasteiger partial charge in [-0.15, -0.1) is 0 Å². The molecule has 0 atom stereocenters. The van der Waals surface area contributed by atoms with Crippen LogP contribution in [0.25, 0.3) is 0 Å². The van der Waals surface area contributed by atoms with Crippen molar-refractivity contribution in [2.24, 2.45) is 0 Å². The van der Waals surface area contributed by atoms with Gasteiger partial charge >= 0.3 is 0 Å². The van der Waals surface area contributed by atoms with Crippen molar-refractivity contribution in [3.8, 4) is 0 Å². The van der Waals surface area contributed by atoms with E-state index in [1.165, 1.54) is 0 Å². The van der Waals surface area contributed by atoms with E-state index in [-0.39, 0.29) is 0 Å². The van der Waals surface area contributed by atoms with Gasteiger partial charge in [-0.3, -0.25) is 4.72 Å². The van der Waals surface area contributed by atoms with Crippen molar-refractivity contribution in [1.82, 2.24) is 5.32 Å². The number of sulfonamides is 1. The van der Waals surface area contributed by atoms with E-state index in [0.29, 0.717) is 5.69 Å². The fourth-order valence-electron chi connectivity index (χ4n) is 1.23. The summed E-state index contributed by atoms with van der Waals surface area (Å²) in [5.41, 5.74) is 1.67. The Bertz CT molecular complexity index is 415. The van der Waals surface area contributed by atoms with E-state index in [0.717, 1.165) is 24.9 Å². The Kier molecular flexibility index (Phi) is 4.11. The Hall–Kier alpha value is -1.07. The normalized spacial score (nSPS) is 11.3. The number of anilines is 1. The molecule has 0 fully saturated rings. The molecule has 4 nitrogen and oxygen atoms in total. The van der Waals surface area contributed by atoms with Crippen molar-refractivity contribution in [2.75, 3.05) is 17.5 Å². The molecular formula is C10H16N2O2S. The van der Waals surface area contributed by atoms with Gasteiger partial charge in [-0.25, -0.2) is 8.42 Å². The van der Waals surface area contributed by atoms with Crippen LogP contribution in [-0.4, -0.2) is 21.2 Å². The van der Waals surface area contributed by atoms with E-state index in [4.69, 9.17) is 0 Å². The largest absolute Gasteiger partial charge is 0.313 e. The molecule has 0 amide bonds. The van der Waals surface area contributed by atoms with Crippen molar-refractivity contribution >= 4 is 15.7 Å². The highest BCUT2D eigenvalue weighted by molar-refractivity contribution is 7.92. The third-order valence-electron chi connectivity index (χ3n) is 1.81. The minimum absolute atomic E-state index is 0.605. The maximum atomic E-state index is 11.0. The highest BCUT2D eigenvalue weighted by Gasteiger charge is 2.01. The van der Waals surface area contributed by atoms with Crippen LogP contribution in [0.4, 0.5) is 5.69 Å². The third kappa shape index (κ3) is 4.80. The van der Waals surface area contributed by atoms with Crippen molar-refractivity contribution < 1.29 is 8.42 Å². The fraction of sp³-hybridized carbons (Fsp3) is 0.400. The standard InChI is InChI=1S/C10H16N2O2S/c1-3-11-8-9-5-4-6-10(7-9)12-15(2,13)14/h4-7,11-12H,3,8H2,1-2H3. The number of hydrogen-bond acceptors (Lipinski definition) is 3. The molecule has 1 aromatic carbocycles. The van der Waals surface area contributed by atoms with Crippen LogP contribution < -0.4 is 10.0 Å². The second kappa shape index (κ2) is 5.14. The summed E-state index contributed by atoms with van der Waals surface area (Å²) in [5, 5.41) is 3.18. The third-order valence-corrected chi connectivity index (χ3v) is 2.42. The molecular weight excluding hydrogens is 212 g/mol. The monoisotopic (exact) mass is 228 g/mol. The molecule has 0 spiro atoms. The van der Waals surface area contributed by atoms with Crippen molar-refractivity contribution in [1.29, 1.82) is 0 Å². The molecule has 2 N–H and O–H groups in total. The summed E-state index contributed by atoms with van der Waals surface area (Å²) in [7, 11) is -3.18. The molecule has 0 aromatic heterocycles. The summed E-state index contributed by atoms with van der Waals surface area (Å²) < 4.78 is 24.4. The van der Waals surface area contributed by atoms with Gasteiger partial charge in [0.1, 0.15) is 0 Å². The number of hydrogen-bond donors (Lipinski definition) is 2. The molecule has 0 aliphatic carbocycles. The van der Waals surface area contributed by atoms with Gasteiger partial charge in [0.2, 0.25) is 10.0 Å². The van der Waals surface area contributed by atoms with Crippen LogP contribution >= 0.6 is 0 Å². The maximum Gasteiger partial charge on any atom is 0.229 e. The van der Waals surface area contributed by atoms with E-state index < -0.39 is 10.0 Å². The zero-order valence-electron chi connectivity index (χ0n) is 8.95. The molecule has 0 saturated carbocycles. The van der Waals surface area contributed by atoms with Gasteiger partial charge in [0, 0.05) is 12.2 Å². The van der Waals surface area contributed by atoms with Crippen LogP contribution in [0.2, 0.25) is 0 Å². The fourth-order valence-corrected chi connectivity index (χ4v) is 1.78. The molecule has 1 aromatic rings. The first kappa shape index (κ1) is 12.0. The second-order valence-corrected chi connectivity index (χ2v) is 5.10. The van der Waals surface area contributed by atoms with Gasteiger partial charge in [0.25, 0.3) is 0 Å². The van der Waals surface area contributed by atoms with Gasteiger partial charge in [0.05, 0.1) is 6.26 Å². The Morgan fingerprint density at radius 2 is 2.07 bits per heavy atom. The van der Waals surface area contributed by atoms with Crippen molar-refractivity contribution in [2.45, 2.75) is 13.5 Å². The summed E-state index contributed by atoms with van der Waals surface area (Å²) in [5.74, 6) is 0. The lowest BCUT2D eigenvalue weighted by Gasteiger charge is -2.06. The zero-order valence-corrected chi connectivity index (χ0v) is 9.76. The molecule has 0 saturated heterocycles. The van der Waals surface area contributed by atoms with Crippen LogP contribution in [0.15, 0.2) is 24.3 Å². The van der Waals surface area contributed by atoms with Gasteiger partial charge < -0.3 is 5.32 Å². The lowest BCUT2D eigenvalue weighted by atomic mass is 10.2. The lowest BCUT2D eigenvalue weighted by molar-refractivity contribution is 0.607. The summed E-state index contributed by atoms with van der Waals surface area (Å²) in [4.78, 5) is 0. The van der Waals surface area contributed by atoms with E-state index in [1.807, 2.05) is 25.1 Å². The maximum absolute atomic E-state index is 11.0. The zero-order chi connectivity index (χ0) is 11.3. The Balaban J connectivity index is 2.74. The molecule has 0 radical (unpaired) electrons. The van der Waals surface area contributed by atoms with E-state index in [1.54, 1.807) is 6.07 Å². The first-order chi connectivity index (χ1) is 7.01. The average molecular weight is 228 g/mol. The number of nitrogens with one attached hydrogen (secondary N) is 2. The van der Waals surface area contributed by atoms with Crippen LogP contribution in [-0.2, 0) is 16.6 Å². The Morgan fingerprint density at radius 3 is 2.67 bits per heavy atom. The molecule has 0 heterocycles. The Labute approximate surface area is 90.8 Å². The summed E-state index contributed by atoms with van der Waals surface area (Å²) in [6, 6.07) is 7.34. The van der Waals surface area contributed by atoms with E-state index >= 15 is 0 Å². The molecule has 15 heavy (non-hydrogen) atoms. The summed E-state index contributed by atoms with van der Waals surface area (Å²) >= 11 is 0. The van der Waals surface area contributed by atoms with Gasteiger partial charge in [-0.2, -0.15) is 0 Å². The van der Waals surface area contributed by atoms with E-state index in [9.17, 15) is 8.42 Å². The predicted molar refractivity (Wildman–Crippen MR) is 62.3 cm³/mol. The van der Waals surface area contributed by atoms with E-state index in [2.05, 4.69) is 10.0 Å². The quantitative estimate of drug-likeness (QED) is 0.795. The topological polar surface area (TPSA) is 58.2 Å². The predicted octanol–water partition coefficient (Wildman–Crippen LogP) is 1.17. The minimum Gasteiger partial charge on any atom is -0.313 e. The first-order valence-corrected chi connectivity index (χ1v) is 6.68. The van der Waals surface area contributed by atoms with Crippen molar-refractivity contribution in [3.63, 3.8) is 0 Å². The first-order valence-electron chi connectivity index (χ1n) is 4.78. The van der Waals surface area contributed by atoms with Gasteiger partial charge in [-0.1, -0.05) is 19.1 Å². The highest BCUT2D eigenvalue weighted by Crippen LogP contribution is 2.11. The molecule has 0 aliphatic heterocycles. The Morgan fingerprint density at radius 1 is 1.33 bits per heavy atom. The van der Waals surface area contributed by atoms with Crippen LogP contribution in [0.5, 0.6) is 0 Å².